The van der Waals surface area contributed by atoms with Gasteiger partial charge in [-0.2, -0.15) is 10.2 Å². The van der Waals surface area contributed by atoms with E-state index in [1.54, 1.807) is 0 Å². The lowest BCUT2D eigenvalue weighted by atomic mass is 10.1. The van der Waals surface area contributed by atoms with Crippen LogP contribution in [0.4, 0.5) is 17.5 Å². The summed E-state index contributed by atoms with van der Waals surface area (Å²) in [5.41, 5.74) is 3.52. The van der Waals surface area contributed by atoms with Gasteiger partial charge in [-0.05, 0) is 44.0 Å². The van der Waals surface area contributed by atoms with Crippen LogP contribution in [0.15, 0.2) is 24.3 Å². The maximum absolute atomic E-state index is 9.26. The van der Waals surface area contributed by atoms with Crippen molar-refractivity contribution in [1.29, 1.82) is 5.26 Å². The van der Waals surface area contributed by atoms with E-state index in [0.29, 0.717) is 17.6 Å². The third kappa shape index (κ3) is 5.34. The number of rotatable bonds is 7. The summed E-state index contributed by atoms with van der Waals surface area (Å²) in [6.45, 7) is 9.20. The van der Waals surface area contributed by atoms with Crippen molar-refractivity contribution < 1.29 is 0 Å². The summed E-state index contributed by atoms with van der Waals surface area (Å²) < 4.78 is 0. The molecular weight excluding hydrogens is 372 g/mol. The van der Waals surface area contributed by atoms with Gasteiger partial charge in [-0.15, -0.1) is 12.4 Å². The van der Waals surface area contributed by atoms with Gasteiger partial charge in [0, 0.05) is 36.6 Å². The van der Waals surface area contributed by atoms with E-state index in [-0.39, 0.29) is 12.4 Å². The quantitative estimate of drug-likeness (QED) is 0.732. The second-order valence-corrected chi connectivity index (χ2v) is 7.05. The van der Waals surface area contributed by atoms with Crippen molar-refractivity contribution in [2.75, 3.05) is 29.9 Å². The molecule has 1 aromatic carbocycles. The first-order valence-corrected chi connectivity index (χ1v) is 9.77. The van der Waals surface area contributed by atoms with Gasteiger partial charge in [0.15, 0.2) is 0 Å². The van der Waals surface area contributed by atoms with Gasteiger partial charge in [0.25, 0.3) is 0 Å². The molecule has 1 aromatic heterocycles. The zero-order valence-electron chi connectivity index (χ0n) is 16.8. The molecule has 1 aliphatic heterocycles. The summed E-state index contributed by atoms with van der Waals surface area (Å²) in [4.78, 5) is 11.8. The number of hydrogen-bond acceptors (Lipinski definition) is 6. The van der Waals surface area contributed by atoms with Crippen LogP contribution in [0, 0.1) is 18.3 Å². The van der Waals surface area contributed by atoms with Crippen molar-refractivity contribution in [3.63, 3.8) is 0 Å². The summed E-state index contributed by atoms with van der Waals surface area (Å²) in [6, 6.07) is 10.6. The van der Waals surface area contributed by atoms with E-state index in [1.165, 1.54) is 0 Å². The molecule has 0 bridgehead atoms. The van der Waals surface area contributed by atoms with Gasteiger partial charge in [0.05, 0.1) is 11.6 Å². The van der Waals surface area contributed by atoms with Crippen molar-refractivity contribution in [3.05, 3.63) is 41.1 Å². The Labute approximate surface area is 173 Å². The molecule has 0 amide bonds. The molecule has 2 heterocycles. The Balaban J connectivity index is 0.00000280. The molecule has 3 rings (SSSR count). The molecule has 1 fully saturated rings. The standard InChI is InChI=1S/C21H28N6.ClH/c1-4-6-17-12-20(27-10-9-19(14-27)23-5-2)26-21(24-17)25-18-8-7-15(3)16(11-18)13-22;/h7-8,11-12,19,23H,4-6,9-10,14H2,1-3H3,(H,24,25,26);1H. The van der Waals surface area contributed by atoms with Crippen LogP contribution >= 0.6 is 12.4 Å². The molecule has 0 radical (unpaired) electrons. The van der Waals surface area contributed by atoms with E-state index in [9.17, 15) is 5.26 Å². The van der Waals surface area contributed by atoms with Crippen LogP contribution in [-0.4, -0.2) is 35.6 Å². The molecule has 0 aliphatic carbocycles. The minimum atomic E-state index is 0. The second-order valence-electron chi connectivity index (χ2n) is 7.05. The highest BCUT2D eigenvalue weighted by Gasteiger charge is 2.23. The van der Waals surface area contributed by atoms with E-state index >= 15 is 0 Å². The fourth-order valence-corrected chi connectivity index (χ4v) is 3.46. The van der Waals surface area contributed by atoms with Crippen LogP contribution in [0.2, 0.25) is 0 Å². The summed E-state index contributed by atoms with van der Waals surface area (Å²) >= 11 is 0. The number of likely N-dealkylation sites (N-methyl/N-ethyl adjacent to an activating group) is 1. The topological polar surface area (TPSA) is 76.9 Å². The van der Waals surface area contributed by atoms with Gasteiger partial charge in [-0.3, -0.25) is 0 Å². The molecule has 7 heteroatoms. The number of aryl methyl sites for hydroxylation is 2. The van der Waals surface area contributed by atoms with Gasteiger partial charge in [0.1, 0.15) is 5.82 Å². The van der Waals surface area contributed by atoms with E-state index in [2.05, 4.69) is 46.5 Å². The Morgan fingerprint density at radius 3 is 2.79 bits per heavy atom. The number of nitrogens with zero attached hydrogens (tertiary/aromatic N) is 4. The van der Waals surface area contributed by atoms with Crippen LogP contribution in [0.5, 0.6) is 0 Å². The minimum absolute atomic E-state index is 0. The Morgan fingerprint density at radius 2 is 2.07 bits per heavy atom. The van der Waals surface area contributed by atoms with Crippen LogP contribution in [0.3, 0.4) is 0 Å². The van der Waals surface area contributed by atoms with Crippen molar-refractivity contribution >= 4 is 29.9 Å². The van der Waals surface area contributed by atoms with Crippen molar-refractivity contribution in [3.8, 4) is 6.07 Å². The lowest BCUT2D eigenvalue weighted by Crippen LogP contribution is -2.32. The maximum Gasteiger partial charge on any atom is 0.229 e. The number of anilines is 3. The normalized spacial score (nSPS) is 15.8. The van der Waals surface area contributed by atoms with Crippen LogP contribution in [-0.2, 0) is 6.42 Å². The van der Waals surface area contributed by atoms with Gasteiger partial charge in [-0.25, -0.2) is 4.98 Å². The second kappa shape index (κ2) is 10.3. The molecule has 0 spiro atoms. The summed E-state index contributed by atoms with van der Waals surface area (Å²) in [5.74, 6) is 1.57. The third-order valence-corrected chi connectivity index (χ3v) is 4.89. The fourth-order valence-electron chi connectivity index (χ4n) is 3.46. The average molecular weight is 401 g/mol. The fraction of sp³-hybridized carbons (Fsp3) is 0.476. The number of hydrogen-bond donors (Lipinski definition) is 2. The Morgan fingerprint density at radius 1 is 1.25 bits per heavy atom. The van der Waals surface area contributed by atoms with E-state index < -0.39 is 0 Å². The summed E-state index contributed by atoms with van der Waals surface area (Å²) in [5, 5.41) is 16.1. The van der Waals surface area contributed by atoms with Crippen molar-refractivity contribution in [1.82, 2.24) is 15.3 Å². The summed E-state index contributed by atoms with van der Waals surface area (Å²) in [6.07, 6.45) is 3.10. The largest absolute Gasteiger partial charge is 0.355 e. The molecular formula is C21H29ClN6. The first-order chi connectivity index (χ1) is 13.1. The van der Waals surface area contributed by atoms with E-state index in [4.69, 9.17) is 4.98 Å². The van der Waals surface area contributed by atoms with Crippen molar-refractivity contribution in [2.45, 2.75) is 46.1 Å². The monoisotopic (exact) mass is 400 g/mol. The Hall–Kier alpha value is -2.36. The average Bonchev–Trinajstić information content (AvgIpc) is 3.12. The Kier molecular flexibility index (Phi) is 8.04. The van der Waals surface area contributed by atoms with Gasteiger partial charge in [0.2, 0.25) is 5.95 Å². The molecule has 1 saturated heterocycles. The van der Waals surface area contributed by atoms with Gasteiger partial charge in [-0.1, -0.05) is 26.3 Å². The zero-order chi connectivity index (χ0) is 19.2. The molecule has 28 heavy (non-hydrogen) atoms. The van der Waals surface area contributed by atoms with Gasteiger partial charge >= 0.3 is 0 Å². The smallest absolute Gasteiger partial charge is 0.229 e. The highest BCUT2D eigenvalue weighted by molar-refractivity contribution is 5.85. The highest BCUT2D eigenvalue weighted by Crippen LogP contribution is 2.23. The SMILES string of the molecule is CCCc1cc(N2CCC(NCC)C2)nc(Nc2ccc(C)c(C#N)c2)n1.Cl. The first-order valence-electron chi connectivity index (χ1n) is 9.77. The lowest BCUT2D eigenvalue weighted by Gasteiger charge is -2.19. The van der Waals surface area contributed by atoms with Crippen LogP contribution < -0.4 is 15.5 Å². The van der Waals surface area contributed by atoms with Crippen LogP contribution in [0.1, 0.15) is 43.5 Å². The van der Waals surface area contributed by atoms with E-state index in [1.807, 2.05) is 25.1 Å². The predicted octanol–water partition coefficient (Wildman–Crippen LogP) is 3.96. The number of halogens is 1. The molecule has 6 nitrogen and oxygen atoms in total. The first kappa shape index (κ1) is 21.9. The number of aromatic nitrogens is 2. The predicted molar refractivity (Wildman–Crippen MR) is 117 cm³/mol. The highest BCUT2D eigenvalue weighted by atomic mass is 35.5. The lowest BCUT2D eigenvalue weighted by molar-refractivity contribution is 0.571. The number of benzene rings is 1. The molecule has 2 N–H and O–H groups in total. The van der Waals surface area contributed by atoms with Gasteiger partial charge < -0.3 is 15.5 Å². The zero-order valence-corrected chi connectivity index (χ0v) is 17.6. The van der Waals surface area contributed by atoms with E-state index in [0.717, 1.165) is 61.7 Å². The summed E-state index contributed by atoms with van der Waals surface area (Å²) in [7, 11) is 0. The third-order valence-electron chi connectivity index (χ3n) is 4.89. The number of nitrogens with one attached hydrogen (secondary N) is 2. The number of nitriles is 1. The van der Waals surface area contributed by atoms with Crippen molar-refractivity contribution in [2.24, 2.45) is 0 Å². The molecule has 0 saturated carbocycles. The molecule has 1 aliphatic rings. The minimum Gasteiger partial charge on any atom is -0.355 e. The maximum atomic E-state index is 9.26. The Bertz CT molecular complexity index is 832. The molecule has 2 aromatic rings. The molecule has 150 valence electrons. The molecule has 1 unspecified atom stereocenters. The molecule has 1 atom stereocenters. The van der Waals surface area contributed by atoms with Crippen LogP contribution in [0.25, 0.3) is 0 Å².